The summed E-state index contributed by atoms with van der Waals surface area (Å²) in [5.41, 5.74) is -0.988. The highest BCUT2D eigenvalue weighted by molar-refractivity contribution is 5.89. The van der Waals surface area contributed by atoms with Crippen LogP contribution in [0.2, 0.25) is 0 Å². The van der Waals surface area contributed by atoms with E-state index < -0.39 is 23.4 Å². The van der Waals surface area contributed by atoms with Crippen LogP contribution in [-0.4, -0.2) is 20.8 Å². The van der Waals surface area contributed by atoms with E-state index in [1.54, 1.807) is 13.8 Å². The number of nitrogens with zero attached hydrogens (tertiary/aromatic N) is 2. The lowest BCUT2D eigenvalue weighted by Crippen LogP contribution is -2.18. The number of carboxylic acid groups (broad SMARTS) is 1. The van der Waals surface area contributed by atoms with E-state index in [0.29, 0.717) is 17.0 Å². The van der Waals surface area contributed by atoms with Crippen molar-refractivity contribution in [2.45, 2.75) is 26.6 Å². The third-order valence-corrected chi connectivity index (χ3v) is 2.97. The zero-order chi connectivity index (χ0) is 15.1. The van der Waals surface area contributed by atoms with Gasteiger partial charge in [0.15, 0.2) is 0 Å². The highest BCUT2D eigenvalue weighted by Crippen LogP contribution is 2.33. The summed E-state index contributed by atoms with van der Waals surface area (Å²) >= 11 is 0. The standard InChI is InChI=1S/C12H11F3N2O3/c1-6-9(7(2)20-16-6)5-17-4-3-8(11(18)19)10(17)12(13,14)15/h3-4H,5H2,1-2H3,(H,18,19). The van der Waals surface area contributed by atoms with Gasteiger partial charge in [-0.3, -0.25) is 0 Å². The van der Waals surface area contributed by atoms with Crippen LogP contribution < -0.4 is 0 Å². The smallest absolute Gasteiger partial charge is 0.432 e. The van der Waals surface area contributed by atoms with E-state index in [1.807, 2.05) is 0 Å². The van der Waals surface area contributed by atoms with Gasteiger partial charge >= 0.3 is 12.1 Å². The molecule has 0 spiro atoms. The molecule has 0 atom stereocenters. The minimum Gasteiger partial charge on any atom is -0.478 e. The monoisotopic (exact) mass is 288 g/mol. The molecule has 8 heteroatoms. The zero-order valence-electron chi connectivity index (χ0n) is 10.7. The molecule has 2 aromatic rings. The second-order valence-corrected chi connectivity index (χ2v) is 4.31. The number of hydrogen-bond acceptors (Lipinski definition) is 3. The summed E-state index contributed by atoms with van der Waals surface area (Å²) < 4.78 is 44.8. The number of alkyl halides is 3. The summed E-state index contributed by atoms with van der Waals surface area (Å²) in [5.74, 6) is -1.21. The van der Waals surface area contributed by atoms with Gasteiger partial charge in [0, 0.05) is 11.8 Å². The van der Waals surface area contributed by atoms with Gasteiger partial charge in [-0.05, 0) is 19.9 Å². The average Bonchev–Trinajstić information content (AvgIpc) is 2.87. The van der Waals surface area contributed by atoms with Crippen LogP contribution in [0.3, 0.4) is 0 Å². The van der Waals surface area contributed by atoms with Crippen LogP contribution in [0, 0.1) is 13.8 Å². The van der Waals surface area contributed by atoms with Crippen molar-refractivity contribution in [3.63, 3.8) is 0 Å². The van der Waals surface area contributed by atoms with E-state index >= 15 is 0 Å². The van der Waals surface area contributed by atoms with Crippen LogP contribution in [0.25, 0.3) is 0 Å². The Balaban J connectivity index is 2.51. The van der Waals surface area contributed by atoms with Crippen molar-refractivity contribution in [3.05, 3.63) is 40.5 Å². The van der Waals surface area contributed by atoms with Crippen molar-refractivity contribution in [2.75, 3.05) is 0 Å². The van der Waals surface area contributed by atoms with E-state index in [-0.39, 0.29) is 6.54 Å². The number of hydrogen-bond donors (Lipinski definition) is 1. The molecule has 20 heavy (non-hydrogen) atoms. The van der Waals surface area contributed by atoms with E-state index in [0.717, 1.165) is 16.8 Å². The third-order valence-electron chi connectivity index (χ3n) is 2.97. The molecule has 0 aliphatic carbocycles. The lowest BCUT2D eigenvalue weighted by Gasteiger charge is -2.13. The Bertz CT molecular complexity index is 636. The summed E-state index contributed by atoms with van der Waals surface area (Å²) in [6.45, 7) is 3.05. The fraction of sp³-hybridized carbons (Fsp3) is 0.333. The number of aryl methyl sites for hydroxylation is 2. The number of rotatable bonds is 3. The number of carbonyl (C=O) groups is 1. The van der Waals surface area contributed by atoms with E-state index in [9.17, 15) is 18.0 Å². The molecule has 2 heterocycles. The van der Waals surface area contributed by atoms with Gasteiger partial charge in [-0.2, -0.15) is 13.2 Å². The molecular weight excluding hydrogens is 277 g/mol. The van der Waals surface area contributed by atoms with Gasteiger partial charge in [0.1, 0.15) is 11.5 Å². The Morgan fingerprint density at radius 1 is 1.45 bits per heavy atom. The van der Waals surface area contributed by atoms with Crippen LogP contribution in [0.1, 0.15) is 33.1 Å². The molecule has 0 saturated heterocycles. The van der Waals surface area contributed by atoms with Crippen LogP contribution in [0.5, 0.6) is 0 Å². The Morgan fingerprint density at radius 2 is 2.10 bits per heavy atom. The molecule has 2 aromatic heterocycles. The van der Waals surface area contributed by atoms with Gasteiger partial charge < -0.3 is 14.2 Å². The lowest BCUT2D eigenvalue weighted by atomic mass is 10.2. The van der Waals surface area contributed by atoms with Crippen molar-refractivity contribution >= 4 is 5.97 Å². The molecule has 0 amide bonds. The van der Waals surface area contributed by atoms with Gasteiger partial charge in [0.2, 0.25) is 0 Å². The van der Waals surface area contributed by atoms with Crippen LogP contribution >= 0.6 is 0 Å². The molecule has 0 aromatic carbocycles. The molecule has 1 N–H and O–H groups in total. The molecule has 0 bridgehead atoms. The topological polar surface area (TPSA) is 68.3 Å². The van der Waals surface area contributed by atoms with Crippen LogP contribution in [0.15, 0.2) is 16.8 Å². The fourth-order valence-corrected chi connectivity index (χ4v) is 1.99. The fourth-order valence-electron chi connectivity index (χ4n) is 1.99. The summed E-state index contributed by atoms with van der Waals surface area (Å²) in [4.78, 5) is 10.9. The minimum absolute atomic E-state index is 0.150. The lowest BCUT2D eigenvalue weighted by molar-refractivity contribution is -0.143. The van der Waals surface area contributed by atoms with Gasteiger partial charge in [-0.25, -0.2) is 4.79 Å². The predicted octanol–water partition coefficient (Wildman–Crippen LogP) is 2.86. The molecule has 0 saturated carbocycles. The van der Waals surface area contributed by atoms with E-state index in [4.69, 9.17) is 9.63 Å². The SMILES string of the molecule is Cc1noc(C)c1Cn1ccc(C(=O)O)c1C(F)(F)F. The Morgan fingerprint density at radius 3 is 2.55 bits per heavy atom. The molecular formula is C12H11F3N2O3. The van der Waals surface area contributed by atoms with E-state index in [1.165, 1.54) is 0 Å². The molecule has 0 fully saturated rings. The Labute approximate surface area is 111 Å². The van der Waals surface area contributed by atoms with Crippen molar-refractivity contribution in [1.29, 1.82) is 0 Å². The molecule has 2 rings (SSSR count). The predicted molar refractivity (Wildman–Crippen MR) is 61.5 cm³/mol. The van der Waals surface area contributed by atoms with Crippen molar-refractivity contribution in [1.82, 2.24) is 9.72 Å². The largest absolute Gasteiger partial charge is 0.478 e. The first-order valence-electron chi connectivity index (χ1n) is 5.63. The summed E-state index contributed by atoms with van der Waals surface area (Å²) in [6.07, 6.45) is -3.66. The maximum Gasteiger partial charge on any atom is 0.432 e. The summed E-state index contributed by atoms with van der Waals surface area (Å²) in [6, 6.07) is 0.934. The minimum atomic E-state index is -4.75. The Kier molecular flexibility index (Phi) is 3.33. The maximum absolute atomic E-state index is 13.0. The molecule has 5 nitrogen and oxygen atoms in total. The van der Waals surface area contributed by atoms with Crippen molar-refractivity contribution < 1.29 is 27.6 Å². The average molecular weight is 288 g/mol. The zero-order valence-corrected chi connectivity index (χ0v) is 10.7. The second-order valence-electron chi connectivity index (χ2n) is 4.31. The van der Waals surface area contributed by atoms with Crippen LogP contribution in [0.4, 0.5) is 13.2 Å². The first-order chi connectivity index (χ1) is 9.21. The van der Waals surface area contributed by atoms with Gasteiger partial charge in [0.05, 0.1) is 17.8 Å². The van der Waals surface area contributed by atoms with Gasteiger partial charge in [-0.1, -0.05) is 5.16 Å². The van der Waals surface area contributed by atoms with Crippen molar-refractivity contribution in [2.24, 2.45) is 0 Å². The molecule has 0 aliphatic rings. The molecule has 108 valence electrons. The maximum atomic E-state index is 13.0. The highest BCUT2D eigenvalue weighted by atomic mass is 19.4. The summed E-state index contributed by atoms with van der Waals surface area (Å²) in [5, 5.41) is 12.5. The first kappa shape index (κ1) is 14.2. The van der Waals surface area contributed by atoms with Crippen LogP contribution in [-0.2, 0) is 12.7 Å². The Hall–Kier alpha value is -2.25. The molecule has 0 unspecified atom stereocenters. The first-order valence-corrected chi connectivity index (χ1v) is 5.63. The second kappa shape index (κ2) is 4.69. The number of carboxylic acids is 1. The van der Waals surface area contributed by atoms with Gasteiger partial charge in [0.25, 0.3) is 0 Å². The number of aromatic nitrogens is 2. The third kappa shape index (κ3) is 2.40. The van der Waals surface area contributed by atoms with E-state index in [2.05, 4.69) is 5.16 Å². The quantitative estimate of drug-likeness (QED) is 0.943. The summed E-state index contributed by atoms with van der Waals surface area (Å²) in [7, 11) is 0. The number of aromatic carboxylic acids is 1. The van der Waals surface area contributed by atoms with Crippen molar-refractivity contribution in [3.8, 4) is 0 Å². The normalized spacial score (nSPS) is 11.8. The van der Waals surface area contributed by atoms with Gasteiger partial charge in [-0.15, -0.1) is 0 Å². The number of halogens is 3. The molecule has 0 radical (unpaired) electrons. The molecule has 0 aliphatic heterocycles. The highest BCUT2D eigenvalue weighted by Gasteiger charge is 2.39.